The second-order valence-corrected chi connectivity index (χ2v) is 11.2. The van der Waals surface area contributed by atoms with Crippen molar-refractivity contribution in [2.75, 3.05) is 52.5 Å². The number of benzene rings is 1. The summed E-state index contributed by atoms with van der Waals surface area (Å²) < 4.78 is 10.2. The third-order valence-corrected chi connectivity index (χ3v) is 8.00. The number of aromatic nitrogens is 2. The zero-order valence-corrected chi connectivity index (χ0v) is 26.4. The number of hydrogen-bond acceptors (Lipinski definition) is 10. The molecule has 46 heavy (non-hydrogen) atoms. The third-order valence-electron chi connectivity index (χ3n) is 8.00. The maximum absolute atomic E-state index is 13.7. The minimum absolute atomic E-state index is 0.0468. The number of ether oxygens (including phenoxy) is 2. The van der Waals surface area contributed by atoms with E-state index in [1.54, 1.807) is 19.9 Å². The Morgan fingerprint density at radius 1 is 0.913 bits per heavy atom. The van der Waals surface area contributed by atoms with Crippen LogP contribution in [-0.2, 0) is 30.4 Å². The Hall–Kier alpha value is -4.59. The highest BCUT2D eigenvalue weighted by Crippen LogP contribution is 2.22. The molecule has 2 saturated heterocycles. The molecule has 0 saturated carbocycles. The Balaban J connectivity index is 1.50. The van der Waals surface area contributed by atoms with Crippen LogP contribution in [0.5, 0.6) is 0 Å². The minimum Gasteiger partial charge on any atom is -0.481 e. The zero-order valence-electron chi connectivity index (χ0n) is 26.4. The average Bonchev–Trinajstić information content (AvgIpc) is 3.07. The van der Waals surface area contributed by atoms with Gasteiger partial charge in [-0.1, -0.05) is 30.3 Å². The van der Waals surface area contributed by atoms with Gasteiger partial charge in [0.15, 0.2) is 5.82 Å². The number of nitrogens with one attached hydrogen (secondary N) is 1. The van der Waals surface area contributed by atoms with Gasteiger partial charge in [-0.15, -0.1) is 0 Å². The van der Waals surface area contributed by atoms with Gasteiger partial charge in [-0.3, -0.25) is 24.1 Å². The maximum Gasteiger partial charge on any atom is 0.409 e. The van der Waals surface area contributed by atoms with Crippen molar-refractivity contribution in [3.05, 3.63) is 47.8 Å². The molecule has 14 nitrogen and oxygen atoms in total. The maximum atomic E-state index is 13.7. The van der Waals surface area contributed by atoms with Gasteiger partial charge < -0.3 is 29.7 Å². The van der Waals surface area contributed by atoms with Crippen LogP contribution in [0, 0.1) is 5.92 Å². The van der Waals surface area contributed by atoms with Gasteiger partial charge in [-0.25, -0.2) is 14.8 Å². The molecule has 0 aliphatic carbocycles. The Labute approximate surface area is 268 Å². The molecule has 1 atom stereocenters. The molecule has 2 aliphatic heterocycles. The van der Waals surface area contributed by atoms with Gasteiger partial charge in [0.05, 0.1) is 24.8 Å². The van der Waals surface area contributed by atoms with Gasteiger partial charge in [0.25, 0.3) is 5.91 Å². The minimum atomic E-state index is -1.11. The lowest BCUT2D eigenvalue weighted by molar-refractivity contribution is -0.149. The summed E-state index contributed by atoms with van der Waals surface area (Å²) in [6, 6.07) is 9.68. The van der Waals surface area contributed by atoms with Crippen LogP contribution in [-0.4, -0.2) is 118 Å². The van der Waals surface area contributed by atoms with Crippen LogP contribution in [0.15, 0.2) is 36.4 Å². The molecule has 1 aromatic heterocycles. The fraction of sp³-hybridized carbons (Fsp3) is 0.531. The average molecular weight is 639 g/mol. The molecule has 0 bridgehead atoms. The Morgan fingerprint density at radius 3 is 2.20 bits per heavy atom. The van der Waals surface area contributed by atoms with Gasteiger partial charge in [-0.2, -0.15) is 0 Å². The summed E-state index contributed by atoms with van der Waals surface area (Å²) in [5.74, 6) is -2.13. The summed E-state index contributed by atoms with van der Waals surface area (Å²) >= 11 is 0. The lowest BCUT2D eigenvalue weighted by atomic mass is 9.97. The molecule has 2 aliphatic rings. The van der Waals surface area contributed by atoms with Crippen molar-refractivity contribution in [3.8, 4) is 11.4 Å². The normalized spacial score (nSPS) is 16.4. The first-order valence-electron chi connectivity index (χ1n) is 15.7. The van der Waals surface area contributed by atoms with Gasteiger partial charge in [-0.05, 0) is 52.3 Å². The first-order valence-corrected chi connectivity index (χ1v) is 15.7. The molecule has 2 N–H and O–H groups in total. The molecular weight excluding hydrogens is 596 g/mol. The standard InChI is InChI=1S/C32H42N6O8/c1-3-45-31(43)23-12-14-36(15-13-23)21-24-20-26(34-28(33-24)22-8-6-5-7-9-22)29(41)35-25(10-11-27(39)40)30(42)37-16-18-38(19-17-37)32(44)46-4-2/h5-9,20,23,25H,3-4,10-19,21H2,1-2H3,(H,35,41)(H,39,40). The number of esters is 1. The highest BCUT2D eigenvalue weighted by atomic mass is 16.6. The third kappa shape index (κ3) is 9.46. The SMILES string of the molecule is CCOC(=O)C1CCN(Cc2cc(C(=O)NC(CCC(=O)O)C(=O)N3CCN(C(=O)OCC)CC3)nc(-c3ccccc3)n2)CC1. The number of aliphatic carboxylic acids is 1. The van der Waals surface area contributed by atoms with E-state index in [0.717, 1.165) is 0 Å². The van der Waals surface area contributed by atoms with Crippen molar-refractivity contribution in [2.45, 2.75) is 52.1 Å². The predicted octanol–water partition coefficient (Wildman–Crippen LogP) is 2.18. The number of carbonyl (C=O) groups is 5. The summed E-state index contributed by atoms with van der Waals surface area (Å²) in [5.41, 5.74) is 1.35. The van der Waals surface area contributed by atoms with Crippen molar-refractivity contribution >= 4 is 29.8 Å². The van der Waals surface area contributed by atoms with Crippen LogP contribution in [0.1, 0.15) is 55.7 Å². The molecule has 4 rings (SSSR count). The summed E-state index contributed by atoms with van der Waals surface area (Å²) in [7, 11) is 0. The van der Waals surface area contributed by atoms with E-state index in [1.807, 2.05) is 30.3 Å². The van der Waals surface area contributed by atoms with E-state index >= 15 is 0 Å². The van der Waals surface area contributed by atoms with Crippen LogP contribution in [0.4, 0.5) is 4.79 Å². The van der Waals surface area contributed by atoms with Gasteiger partial charge in [0.1, 0.15) is 11.7 Å². The molecular formula is C32H42N6O8. The molecule has 1 aromatic carbocycles. The second kappa shape index (κ2) is 16.6. The van der Waals surface area contributed by atoms with Crippen molar-refractivity contribution in [1.29, 1.82) is 0 Å². The van der Waals surface area contributed by atoms with E-state index < -0.39 is 29.9 Å². The molecule has 14 heteroatoms. The van der Waals surface area contributed by atoms with Crippen LogP contribution in [0.2, 0.25) is 0 Å². The molecule has 1 unspecified atom stereocenters. The number of amides is 3. The lowest BCUT2D eigenvalue weighted by Crippen LogP contribution is -2.56. The van der Waals surface area contributed by atoms with Crippen LogP contribution in [0.25, 0.3) is 11.4 Å². The first-order chi connectivity index (χ1) is 22.2. The Kier molecular flexibility index (Phi) is 12.4. The largest absolute Gasteiger partial charge is 0.481 e. The van der Waals surface area contributed by atoms with Crippen molar-refractivity contribution < 1.29 is 38.6 Å². The fourth-order valence-electron chi connectivity index (χ4n) is 5.53. The summed E-state index contributed by atoms with van der Waals surface area (Å²) in [5, 5.41) is 12.1. The molecule has 2 fully saturated rings. The molecule has 0 radical (unpaired) electrons. The number of carboxylic acid groups (broad SMARTS) is 1. The van der Waals surface area contributed by atoms with Gasteiger partial charge >= 0.3 is 18.0 Å². The number of carboxylic acids is 1. The molecule has 0 spiro atoms. The highest BCUT2D eigenvalue weighted by Gasteiger charge is 2.32. The fourth-order valence-corrected chi connectivity index (χ4v) is 5.53. The molecule has 248 valence electrons. The molecule has 2 aromatic rings. The highest BCUT2D eigenvalue weighted by molar-refractivity contribution is 5.96. The van der Waals surface area contributed by atoms with Gasteiger partial charge in [0.2, 0.25) is 5.91 Å². The number of hydrogen-bond donors (Lipinski definition) is 2. The number of piperazine rings is 1. The van der Waals surface area contributed by atoms with E-state index in [0.29, 0.717) is 56.2 Å². The zero-order chi connectivity index (χ0) is 33.1. The number of piperidine rings is 1. The number of likely N-dealkylation sites (tertiary alicyclic amines) is 1. The Morgan fingerprint density at radius 2 is 1.57 bits per heavy atom. The van der Waals surface area contributed by atoms with Crippen LogP contribution < -0.4 is 5.32 Å². The monoisotopic (exact) mass is 638 g/mol. The number of rotatable bonds is 12. The Bertz CT molecular complexity index is 1370. The first kappa shape index (κ1) is 34.3. The van der Waals surface area contributed by atoms with Crippen LogP contribution in [0.3, 0.4) is 0 Å². The molecule has 3 heterocycles. The quantitative estimate of drug-likeness (QED) is 0.327. The summed E-state index contributed by atoms with van der Waals surface area (Å²) in [6.07, 6.45) is 0.416. The van der Waals surface area contributed by atoms with E-state index in [4.69, 9.17) is 14.5 Å². The van der Waals surface area contributed by atoms with Crippen molar-refractivity contribution in [1.82, 2.24) is 30.0 Å². The van der Waals surface area contributed by atoms with E-state index in [2.05, 4.69) is 15.2 Å². The predicted molar refractivity (Wildman–Crippen MR) is 165 cm³/mol. The van der Waals surface area contributed by atoms with Crippen LogP contribution >= 0.6 is 0 Å². The van der Waals surface area contributed by atoms with Gasteiger partial charge in [0, 0.05) is 44.7 Å². The van der Waals surface area contributed by atoms with E-state index in [1.165, 1.54) is 9.80 Å². The van der Waals surface area contributed by atoms with Crippen molar-refractivity contribution in [3.63, 3.8) is 0 Å². The second-order valence-electron chi connectivity index (χ2n) is 11.2. The lowest BCUT2D eigenvalue weighted by Gasteiger charge is -2.36. The number of nitrogens with zero attached hydrogens (tertiary/aromatic N) is 5. The summed E-state index contributed by atoms with van der Waals surface area (Å²) in [4.78, 5) is 77.3. The summed E-state index contributed by atoms with van der Waals surface area (Å²) in [6.45, 7) is 6.80. The molecule has 3 amide bonds. The van der Waals surface area contributed by atoms with E-state index in [9.17, 15) is 29.1 Å². The smallest absolute Gasteiger partial charge is 0.409 e. The topological polar surface area (TPSA) is 172 Å². The number of carbonyl (C=O) groups excluding carboxylic acids is 4. The van der Waals surface area contributed by atoms with Crippen molar-refractivity contribution in [2.24, 2.45) is 5.92 Å². The van der Waals surface area contributed by atoms with E-state index in [-0.39, 0.29) is 63.2 Å².